The van der Waals surface area contributed by atoms with Crippen molar-refractivity contribution in [2.45, 2.75) is 44.7 Å². The summed E-state index contributed by atoms with van der Waals surface area (Å²) in [6, 6.07) is 4.48. The van der Waals surface area contributed by atoms with Crippen LogP contribution < -0.4 is 15.5 Å². The van der Waals surface area contributed by atoms with Crippen LogP contribution in [0.5, 0.6) is 0 Å². The molecule has 29 heavy (non-hydrogen) atoms. The van der Waals surface area contributed by atoms with E-state index in [-0.39, 0.29) is 36.8 Å². The van der Waals surface area contributed by atoms with Gasteiger partial charge in [-0.05, 0) is 60.2 Å². The Kier molecular flexibility index (Phi) is 10.2. The van der Waals surface area contributed by atoms with Gasteiger partial charge in [-0.3, -0.25) is 9.78 Å². The number of hydrogen-bond donors (Lipinski definition) is 2. The van der Waals surface area contributed by atoms with E-state index in [0.29, 0.717) is 11.6 Å². The number of pyridine rings is 2. The second-order valence-electron chi connectivity index (χ2n) is 7.31. The van der Waals surface area contributed by atoms with Gasteiger partial charge in [-0.1, -0.05) is 0 Å². The maximum atomic E-state index is 12.4. The van der Waals surface area contributed by atoms with Gasteiger partial charge in [-0.15, -0.1) is 24.8 Å². The topological polar surface area (TPSA) is 70.1 Å². The molecule has 0 aliphatic heterocycles. The Balaban J connectivity index is 0.00000210. The van der Waals surface area contributed by atoms with E-state index in [2.05, 4.69) is 54.4 Å². The molecule has 1 amide bonds. The molecule has 0 radical (unpaired) electrons. The summed E-state index contributed by atoms with van der Waals surface area (Å²) in [4.78, 5) is 23.0. The van der Waals surface area contributed by atoms with Gasteiger partial charge in [0.15, 0.2) is 0 Å². The molecule has 0 atom stereocenters. The van der Waals surface area contributed by atoms with Crippen LogP contribution in [-0.4, -0.2) is 42.1 Å². The van der Waals surface area contributed by atoms with E-state index in [9.17, 15) is 4.79 Å². The van der Waals surface area contributed by atoms with Gasteiger partial charge in [-0.2, -0.15) is 0 Å². The molecule has 1 aliphatic carbocycles. The lowest BCUT2D eigenvalue weighted by Crippen LogP contribution is -2.40. The van der Waals surface area contributed by atoms with E-state index in [1.54, 1.807) is 18.5 Å². The SMILES string of the molecule is Cc1cnc(NC2CCC(NC(=O)c3cncc(Br)c3)CC2)cc1N(C)C.Cl.Cl. The highest BCUT2D eigenvalue weighted by atomic mass is 79.9. The molecule has 2 aromatic heterocycles. The van der Waals surface area contributed by atoms with Crippen molar-refractivity contribution in [1.29, 1.82) is 0 Å². The molecular formula is C20H28BrCl2N5O. The summed E-state index contributed by atoms with van der Waals surface area (Å²) in [5, 5.41) is 6.68. The molecule has 160 valence electrons. The fourth-order valence-corrected chi connectivity index (χ4v) is 3.83. The third-order valence-corrected chi connectivity index (χ3v) is 5.37. The maximum Gasteiger partial charge on any atom is 0.253 e. The second-order valence-corrected chi connectivity index (χ2v) is 8.22. The van der Waals surface area contributed by atoms with E-state index in [1.165, 1.54) is 11.3 Å². The van der Waals surface area contributed by atoms with Crippen LogP contribution in [0.3, 0.4) is 0 Å². The van der Waals surface area contributed by atoms with Gasteiger partial charge in [0, 0.05) is 61.0 Å². The molecule has 0 bridgehead atoms. The maximum absolute atomic E-state index is 12.4. The van der Waals surface area contributed by atoms with Crippen LogP contribution in [0.15, 0.2) is 35.2 Å². The lowest BCUT2D eigenvalue weighted by molar-refractivity contribution is 0.0926. The quantitative estimate of drug-likeness (QED) is 0.622. The average Bonchev–Trinajstić information content (AvgIpc) is 2.64. The molecule has 0 aromatic carbocycles. The zero-order valence-electron chi connectivity index (χ0n) is 16.8. The number of carbonyl (C=O) groups is 1. The number of aryl methyl sites for hydroxylation is 1. The van der Waals surface area contributed by atoms with Crippen molar-refractivity contribution in [2.24, 2.45) is 0 Å². The minimum Gasteiger partial charge on any atom is -0.377 e. The van der Waals surface area contributed by atoms with Gasteiger partial charge >= 0.3 is 0 Å². The molecule has 9 heteroatoms. The normalized spacial score (nSPS) is 18.1. The van der Waals surface area contributed by atoms with Crippen molar-refractivity contribution in [3.8, 4) is 0 Å². The molecule has 0 saturated heterocycles. The number of rotatable bonds is 5. The van der Waals surface area contributed by atoms with Gasteiger partial charge in [0.05, 0.1) is 5.56 Å². The standard InChI is InChI=1S/C20H26BrN5O.2ClH/c1-13-10-23-19(9-18(13)26(2)3)24-16-4-6-17(7-5-16)25-20(27)14-8-15(21)12-22-11-14;;/h8-12,16-17H,4-7H2,1-3H3,(H,23,24)(H,25,27);2*1H. The summed E-state index contributed by atoms with van der Waals surface area (Å²) in [5.41, 5.74) is 2.93. The van der Waals surface area contributed by atoms with Crippen LogP contribution in [0.1, 0.15) is 41.6 Å². The third-order valence-electron chi connectivity index (χ3n) is 4.94. The third kappa shape index (κ3) is 7.01. The predicted molar refractivity (Wildman–Crippen MR) is 127 cm³/mol. The summed E-state index contributed by atoms with van der Waals surface area (Å²) in [6.07, 6.45) is 9.11. The lowest BCUT2D eigenvalue weighted by atomic mass is 9.91. The molecule has 1 aliphatic rings. The first-order valence-electron chi connectivity index (χ1n) is 9.24. The van der Waals surface area contributed by atoms with Gasteiger partial charge in [0.2, 0.25) is 0 Å². The van der Waals surface area contributed by atoms with E-state index < -0.39 is 0 Å². The van der Waals surface area contributed by atoms with Crippen LogP contribution in [0.2, 0.25) is 0 Å². The predicted octanol–water partition coefficient (Wildman–Crippen LogP) is 4.61. The monoisotopic (exact) mass is 503 g/mol. The molecule has 0 spiro atoms. The van der Waals surface area contributed by atoms with E-state index >= 15 is 0 Å². The van der Waals surface area contributed by atoms with Crippen molar-refractivity contribution in [3.63, 3.8) is 0 Å². The minimum atomic E-state index is -0.0592. The van der Waals surface area contributed by atoms with E-state index in [0.717, 1.165) is 36.0 Å². The fourth-order valence-electron chi connectivity index (χ4n) is 3.47. The fraction of sp³-hybridized carbons (Fsp3) is 0.450. The summed E-state index contributed by atoms with van der Waals surface area (Å²) in [7, 11) is 4.08. The Morgan fingerprint density at radius 2 is 1.72 bits per heavy atom. The van der Waals surface area contributed by atoms with Crippen LogP contribution in [0.25, 0.3) is 0 Å². The summed E-state index contributed by atoms with van der Waals surface area (Å²) in [5.74, 6) is 0.855. The molecule has 2 N–H and O–H groups in total. The number of anilines is 2. The first kappa shape index (κ1) is 25.5. The second kappa shape index (κ2) is 11.6. The highest BCUT2D eigenvalue weighted by molar-refractivity contribution is 9.10. The summed E-state index contributed by atoms with van der Waals surface area (Å²) >= 11 is 3.35. The Hall–Kier alpha value is -1.57. The summed E-state index contributed by atoms with van der Waals surface area (Å²) in [6.45, 7) is 2.07. The van der Waals surface area contributed by atoms with Gasteiger partial charge in [0.25, 0.3) is 5.91 Å². The number of nitrogens with one attached hydrogen (secondary N) is 2. The molecule has 3 rings (SSSR count). The zero-order chi connectivity index (χ0) is 19.4. The van der Waals surface area contributed by atoms with Crippen molar-refractivity contribution in [3.05, 3.63) is 46.3 Å². The van der Waals surface area contributed by atoms with Gasteiger partial charge in [0.1, 0.15) is 5.82 Å². The first-order valence-corrected chi connectivity index (χ1v) is 10.0. The highest BCUT2D eigenvalue weighted by Gasteiger charge is 2.23. The van der Waals surface area contributed by atoms with Crippen LogP contribution >= 0.6 is 40.7 Å². The number of aromatic nitrogens is 2. The molecule has 2 aromatic rings. The Morgan fingerprint density at radius 1 is 1.07 bits per heavy atom. The molecular weight excluding hydrogens is 477 g/mol. The Morgan fingerprint density at radius 3 is 2.34 bits per heavy atom. The van der Waals surface area contributed by atoms with E-state index in [1.807, 2.05) is 20.3 Å². The molecule has 6 nitrogen and oxygen atoms in total. The zero-order valence-corrected chi connectivity index (χ0v) is 20.0. The largest absolute Gasteiger partial charge is 0.377 e. The van der Waals surface area contributed by atoms with Crippen LogP contribution in [0.4, 0.5) is 11.5 Å². The number of carbonyl (C=O) groups excluding carboxylic acids is 1. The van der Waals surface area contributed by atoms with E-state index in [4.69, 9.17) is 0 Å². The number of nitrogens with zero attached hydrogens (tertiary/aromatic N) is 3. The Bertz CT molecular complexity index is 813. The van der Waals surface area contributed by atoms with Crippen molar-refractivity contribution in [1.82, 2.24) is 15.3 Å². The highest BCUT2D eigenvalue weighted by Crippen LogP contribution is 2.25. The lowest BCUT2D eigenvalue weighted by Gasteiger charge is -2.30. The van der Waals surface area contributed by atoms with Crippen molar-refractivity contribution < 1.29 is 4.79 Å². The average molecular weight is 505 g/mol. The van der Waals surface area contributed by atoms with Crippen molar-refractivity contribution >= 4 is 58.2 Å². The van der Waals surface area contributed by atoms with Gasteiger partial charge in [-0.25, -0.2) is 4.98 Å². The van der Waals surface area contributed by atoms with Crippen LogP contribution in [-0.2, 0) is 0 Å². The smallest absolute Gasteiger partial charge is 0.253 e. The minimum absolute atomic E-state index is 0. The van der Waals surface area contributed by atoms with Gasteiger partial charge < -0.3 is 15.5 Å². The number of hydrogen-bond acceptors (Lipinski definition) is 5. The Labute approximate surface area is 193 Å². The molecule has 1 saturated carbocycles. The number of halogens is 3. The molecule has 1 fully saturated rings. The number of amides is 1. The molecule has 0 unspecified atom stereocenters. The summed E-state index contributed by atoms with van der Waals surface area (Å²) < 4.78 is 0.811. The molecule has 2 heterocycles. The van der Waals surface area contributed by atoms with Crippen LogP contribution in [0, 0.1) is 6.92 Å². The van der Waals surface area contributed by atoms with Crippen molar-refractivity contribution in [2.75, 3.05) is 24.3 Å². The first-order chi connectivity index (χ1) is 12.9.